The van der Waals surface area contributed by atoms with Gasteiger partial charge in [0, 0.05) is 6.42 Å². The molecular formula is C14H15ClF3NO3. The van der Waals surface area contributed by atoms with Gasteiger partial charge in [0.15, 0.2) is 0 Å². The molecule has 1 rings (SSSR count). The van der Waals surface area contributed by atoms with Gasteiger partial charge in [-0.2, -0.15) is 13.2 Å². The molecule has 1 N–H and O–H groups in total. The first kappa shape index (κ1) is 18.3. The van der Waals surface area contributed by atoms with Gasteiger partial charge in [0.1, 0.15) is 5.60 Å². The topological polar surface area (TPSA) is 55.4 Å². The summed E-state index contributed by atoms with van der Waals surface area (Å²) in [5.74, 6) is -1.88. The molecule has 8 heteroatoms. The summed E-state index contributed by atoms with van der Waals surface area (Å²) >= 11 is 5.86. The normalized spacial score (nSPS) is 12.0. The molecule has 0 heterocycles. The Morgan fingerprint density at radius 3 is 2.32 bits per heavy atom. The van der Waals surface area contributed by atoms with Gasteiger partial charge in [-0.1, -0.05) is 17.7 Å². The Hall–Kier alpha value is -1.76. The Kier molecular flexibility index (Phi) is 5.45. The van der Waals surface area contributed by atoms with Crippen LogP contribution in [0.25, 0.3) is 0 Å². The first-order valence-corrected chi connectivity index (χ1v) is 6.65. The quantitative estimate of drug-likeness (QED) is 0.891. The SMILES string of the molecule is CC(C)(C)OC(=O)Nc1cc(CC(=O)C(F)(F)F)ccc1Cl. The molecule has 0 spiro atoms. The fraction of sp³-hybridized carbons (Fsp3) is 0.429. The number of ether oxygens (including phenoxy) is 1. The highest BCUT2D eigenvalue weighted by atomic mass is 35.5. The van der Waals surface area contributed by atoms with Gasteiger partial charge in [-0.15, -0.1) is 0 Å². The lowest BCUT2D eigenvalue weighted by atomic mass is 10.1. The van der Waals surface area contributed by atoms with E-state index in [-0.39, 0.29) is 16.3 Å². The molecule has 0 bridgehead atoms. The van der Waals surface area contributed by atoms with Crippen molar-refractivity contribution in [3.63, 3.8) is 0 Å². The number of nitrogens with one attached hydrogen (secondary N) is 1. The summed E-state index contributed by atoms with van der Waals surface area (Å²) in [6, 6.07) is 3.79. The van der Waals surface area contributed by atoms with Crippen molar-refractivity contribution >= 4 is 29.2 Å². The third-order valence-electron chi connectivity index (χ3n) is 2.35. The van der Waals surface area contributed by atoms with Gasteiger partial charge in [-0.25, -0.2) is 4.79 Å². The highest BCUT2D eigenvalue weighted by Gasteiger charge is 2.37. The fourth-order valence-corrected chi connectivity index (χ4v) is 1.64. The van der Waals surface area contributed by atoms with Gasteiger partial charge in [-0.3, -0.25) is 10.1 Å². The number of hydrogen-bond acceptors (Lipinski definition) is 3. The average Bonchev–Trinajstić information content (AvgIpc) is 2.29. The van der Waals surface area contributed by atoms with Crippen LogP contribution in [0.15, 0.2) is 18.2 Å². The van der Waals surface area contributed by atoms with Crippen LogP contribution in [0.1, 0.15) is 26.3 Å². The molecule has 0 saturated heterocycles. The first-order valence-electron chi connectivity index (χ1n) is 6.27. The summed E-state index contributed by atoms with van der Waals surface area (Å²) in [5.41, 5.74) is -0.582. The molecule has 0 atom stereocenters. The van der Waals surface area contributed by atoms with Crippen LogP contribution in [0.3, 0.4) is 0 Å². The van der Waals surface area contributed by atoms with Gasteiger partial charge in [0.2, 0.25) is 5.78 Å². The molecule has 1 aromatic rings. The lowest BCUT2D eigenvalue weighted by Crippen LogP contribution is -2.27. The number of alkyl halides is 3. The van der Waals surface area contributed by atoms with Crippen LogP contribution in [0, 0.1) is 0 Å². The summed E-state index contributed by atoms with van der Waals surface area (Å²) in [5, 5.41) is 2.45. The number of benzene rings is 1. The Morgan fingerprint density at radius 1 is 1.23 bits per heavy atom. The van der Waals surface area contributed by atoms with E-state index in [9.17, 15) is 22.8 Å². The van der Waals surface area contributed by atoms with E-state index in [4.69, 9.17) is 16.3 Å². The third kappa shape index (κ3) is 5.93. The molecule has 1 aromatic carbocycles. The third-order valence-corrected chi connectivity index (χ3v) is 2.68. The Labute approximate surface area is 130 Å². The molecule has 0 saturated carbocycles. The maximum Gasteiger partial charge on any atom is 0.450 e. The second-order valence-electron chi connectivity index (χ2n) is 5.54. The maximum absolute atomic E-state index is 12.2. The zero-order valence-corrected chi connectivity index (χ0v) is 12.9. The van der Waals surface area contributed by atoms with Crippen molar-refractivity contribution in [2.75, 3.05) is 5.32 Å². The monoisotopic (exact) mass is 337 g/mol. The lowest BCUT2D eigenvalue weighted by Gasteiger charge is -2.20. The van der Waals surface area contributed by atoms with Gasteiger partial charge in [-0.05, 0) is 38.5 Å². The largest absolute Gasteiger partial charge is 0.450 e. The second kappa shape index (κ2) is 6.56. The molecule has 0 aliphatic carbocycles. The first-order chi connectivity index (χ1) is 9.88. The Balaban J connectivity index is 2.87. The number of amides is 1. The van der Waals surface area contributed by atoms with Crippen LogP contribution in [0.5, 0.6) is 0 Å². The van der Waals surface area contributed by atoms with Crippen molar-refractivity contribution in [2.45, 2.75) is 39.0 Å². The summed E-state index contributed by atoms with van der Waals surface area (Å²) in [4.78, 5) is 22.6. The predicted octanol–water partition coefficient (Wildman–Crippen LogP) is 4.36. The number of Topliss-reactive ketones (excluding diaryl/α,β-unsaturated/α-hetero) is 1. The minimum absolute atomic E-state index is 0.0726. The smallest absolute Gasteiger partial charge is 0.444 e. The highest BCUT2D eigenvalue weighted by Crippen LogP contribution is 2.26. The Bertz CT molecular complexity index is 580. The van der Waals surface area contributed by atoms with Crippen LogP contribution in [0.4, 0.5) is 23.7 Å². The zero-order valence-electron chi connectivity index (χ0n) is 12.2. The van der Waals surface area contributed by atoms with Gasteiger partial charge in [0.25, 0.3) is 0 Å². The number of ketones is 1. The molecule has 0 aliphatic rings. The summed E-state index contributed by atoms with van der Waals surface area (Å²) < 4.78 is 41.8. The van der Waals surface area contributed by atoms with Crippen LogP contribution in [-0.2, 0) is 16.0 Å². The van der Waals surface area contributed by atoms with Crippen molar-refractivity contribution in [1.29, 1.82) is 0 Å². The molecule has 1 amide bonds. The maximum atomic E-state index is 12.2. The molecule has 0 unspecified atom stereocenters. The fourth-order valence-electron chi connectivity index (χ4n) is 1.48. The molecule has 0 aliphatic heterocycles. The molecule has 0 fully saturated rings. The standard InChI is InChI=1S/C14H15ClF3NO3/c1-13(2,3)22-12(21)19-10-6-8(4-5-9(10)15)7-11(20)14(16,17)18/h4-6H,7H2,1-3H3,(H,19,21). The number of carbonyl (C=O) groups is 2. The van der Waals surface area contributed by atoms with Crippen LogP contribution in [-0.4, -0.2) is 23.7 Å². The summed E-state index contributed by atoms with van der Waals surface area (Å²) in [7, 11) is 0. The van der Waals surface area contributed by atoms with Gasteiger partial charge < -0.3 is 4.74 Å². The van der Waals surface area contributed by atoms with Gasteiger partial charge in [0.05, 0.1) is 10.7 Å². The van der Waals surface area contributed by atoms with E-state index in [1.807, 2.05) is 0 Å². The number of hydrogen-bond donors (Lipinski definition) is 1. The van der Waals surface area contributed by atoms with Crippen molar-refractivity contribution in [3.05, 3.63) is 28.8 Å². The van der Waals surface area contributed by atoms with E-state index in [0.717, 1.165) is 0 Å². The van der Waals surface area contributed by atoms with E-state index >= 15 is 0 Å². The van der Waals surface area contributed by atoms with E-state index in [1.54, 1.807) is 20.8 Å². The highest BCUT2D eigenvalue weighted by molar-refractivity contribution is 6.33. The lowest BCUT2D eigenvalue weighted by molar-refractivity contribution is -0.170. The van der Waals surface area contributed by atoms with Crippen molar-refractivity contribution in [2.24, 2.45) is 0 Å². The minimum Gasteiger partial charge on any atom is -0.444 e. The van der Waals surface area contributed by atoms with E-state index < -0.39 is 30.1 Å². The predicted molar refractivity (Wildman–Crippen MR) is 76.1 cm³/mol. The molecule has 4 nitrogen and oxygen atoms in total. The summed E-state index contributed by atoms with van der Waals surface area (Å²) in [6.07, 6.45) is -6.53. The van der Waals surface area contributed by atoms with E-state index in [1.165, 1.54) is 18.2 Å². The zero-order chi connectivity index (χ0) is 17.1. The molecule has 22 heavy (non-hydrogen) atoms. The molecule has 122 valence electrons. The average molecular weight is 338 g/mol. The van der Waals surface area contributed by atoms with E-state index in [2.05, 4.69) is 5.32 Å². The van der Waals surface area contributed by atoms with Crippen molar-refractivity contribution in [3.8, 4) is 0 Å². The Morgan fingerprint density at radius 2 is 1.82 bits per heavy atom. The second-order valence-corrected chi connectivity index (χ2v) is 5.95. The van der Waals surface area contributed by atoms with E-state index in [0.29, 0.717) is 0 Å². The van der Waals surface area contributed by atoms with Crippen LogP contribution >= 0.6 is 11.6 Å². The van der Waals surface area contributed by atoms with Crippen molar-refractivity contribution < 1.29 is 27.5 Å². The number of rotatable bonds is 3. The molecule has 0 radical (unpaired) electrons. The number of halogens is 4. The van der Waals surface area contributed by atoms with Crippen molar-refractivity contribution in [1.82, 2.24) is 0 Å². The molecular weight excluding hydrogens is 323 g/mol. The number of carbonyl (C=O) groups excluding carboxylic acids is 2. The van der Waals surface area contributed by atoms with Gasteiger partial charge >= 0.3 is 12.3 Å². The van der Waals surface area contributed by atoms with Crippen LogP contribution < -0.4 is 5.32 Å². The summed E-state index contributed by atoms with van der Waals surface area (Å²) in [6.45, 7) is 4.98. The number of anilines is 1. The molecule has 0 aromatic heterocycles. The van der Waals surface area contributed by atoms with Crippen LogP contribution in [0.2, 0.25) is 5.02 Å². The minimum atomic E-state index is -4.90.